The predicted octanol–water partition coefficient (Wildman–Crippen LogP) is 0.690. The van der Waals surface area contributed by atoms with Crippen molar-refractivity contribution in [3.8, 4) is 0 Å². The van der Waals surface area contributed by atoms with E-state index in [4.69, 9.17) is 19.9 Å². The van der Waals surface area contributed by atoms with E-state index in [1.165, 1.54) is 24.6 Å². The van der Waals surface area contributed by atoms with Gasteiger partial charge in [-0.05, 0) is 0 Å². The summed E-state index contributed by atoms with van der Waals surface area (Å²) in [4.78, 5) is 42.3. The van der Waals surface area contributed by atoms with Crippen LogP contribution in [0.5, 0.6) is 0 Å². The molecule has 0 saturated carbocycles. The fraction of sp³-hybridized carbons (Fsp3) is 0.357. The zero-order valence-corrected chi connectivity index (χ0v) is 14.1. The number of esters is 2. The molecule has 2 aromatic heterocycles. The van der Waals surface area contributed by atoms with Crippen molar-refractivity contribution in [2.45, 2.75) is 32.6 Å². The minimum Gasteiger partial charge on any atom is -0.467 e. The SMILES string of the molecule is CC(=O)O/C=C1\C[C@@H](OC(C)=O)C(n2c(=O)sc3cnc(N)nc32)O1. The Labute approximate surface area is 144 Å². The number of aromatic nitrogens is 3. The Balaban J connectivity index is 2.03. The Morgan fingerprint density at radius 1 is 1.44 bits per heavy atom. The summed E-state index contributed by atoms with van der Waals surface area (Å²) in [7, 11) is 0. The van der Waals surface area contributed by atoms with Gasteiger partial charge in [0, 0.05) is 13.8 Å². The molecule has 1 unspecified atom stereocenters. The fourth-order valence-corrected chi connectivity index (χ4v) is 3.23. The van der Waals surface area contributed by atoms with Crippen LogP contribution in [-0.2, 0) is 23.8 Å². The summed E-state index contributed by atoms with van der Waals surface area (Å²) in [5.74, 6) is -0.798. The van der Waals surface area contributed by atoms with Crippen LogP contribution in [0.25, 0.3) is 10.3 Å². The highest BCUT2D eigenvalue weighted by Crippen LogP contribution is 2.35. The van der Waals surface area contributed by atoms with Gasteiger partial charge in [-0.3, -0.25) is 14.4 Å². The molecular weight excluding hydrogens is 352 g/mol. The van der Waals surface area contributed by atoms with Gasteiger partial charge in [-0.25, -0.2) is 9.55 Å². The van der Waals surface area contributed by atoms with Gasteiger partial charge in [0.05, 0.1) is 17.3 Å². The first kappa shape index (κ1) is 16.9. The molecule has 1 aliphatic rings. The second kappa shape index (κ2) is 6.51. The maximum Gasteiger partial charge on any atom is 0.312 e. The highest BCUT2D eigenvalue weighted by atomic mass is 32.1. The molecule has 0 aliphatic carbocycles. The van der Waals surface area contributed by atoms with Crippen molar-refractivity contribution < 1.29 is 23.8 Å². The normalized spacial score (nSPS) is 21.3. The molecule has 2 atom stereocenters. The number of hydrogen-bond donors (Lipinski definition) is 1. The van der Waals surface area contributed by atoms with E-state index in [9.17, 15) is 14.4 Å². The average molecular weight is 366 g/mol. The van der Waals surface area contributed by atoms with Crippen molar-refractivity contribution in [3.63, 3.8) is 0 Å². The van der Waals surface area contributed by atoms with E-state index in [-0.39, 0.29) is 28.6 Å². The van der Waals surface area contributed by atoms with Gasteiger partial charge in [0.2, 0.25) is 12.2 Å². The van der Waals surface area contributed by atoms with Crippen molar-refractivity contribution in [1.29, 1.82) is 0 Å². The molecule has 0 aromatic carbocycles. The monoisotopic (exact) mass is 366 g/mol. The molecule has 0 amide bonds. The molecule has 0 spiro atoms. The van der Waals surface area contributed by atoms with Crippen molar-refractivity contribution in [2.75, 3.05) is 5.73 Å². The summed E-state index contributed by atoms with van der Waals surface area (Å²) in [5, 5.41) is 0. The fourth-order valence-electron chi connectivity index (χ4n) is 2.41. The molecule has 1 saturated heterocycles. The number of nitrogen functional groups attached to an aromatic ring is 1. The van der Waals surface area contributed by atoms with E-state index in [1.54, 1.807) is 0 Å². The molecule has 3 rings (SSSR count). The average Bonchev–Trinajstić information content (AvgIpc) is 3.04. The van der Waals surface area contributed by atoms with E-state index in [2.05, 4.69) is 9.97 Å². The van der Waals surface area contributed by atoms with E-state index >= 15 is 0 Å². The number of carbonyl (C=O) groups is 2. The van der Waals surface area contributed by atoms with E-state index in [1.807, 2.05) is 0 Å². The molecule has 25 heavy (non-hydrogen) atoms. The van der Waals surface area contributed by atoms with Crippen LogP contribution >= 0.6 is 11.3 Å². The molecule has 3 heterocycles. The summed E-state index contributed by atoms with van der Waals surface area (Å²) >= 11 is 0.916. The van der Waals surface area contributed by atoms with Crippen molar-refractivity contribution in [2.24, 2.45) is 0 Å². The Morgan fingerprint density at radius 2 is 2.20 bits per heavy atom. The van der Waals surface area contributed by atoms with Crippen LogP contribution in [-0.4, -0.2) is 32.6 Å². The first-order valence-electron chi connectivity index (χ1n) is 7.19. The third-order valence-electron chi connectivity index (χ3n) is 3.30. The van der Waals surface area contributed by atoms with Gasteiger partial charge in [-0.2, -0.15) is 4.98 Å². The maximum absolute atomic E-state index is 12.4. The number of thiazole rings is 1. The molecule has 1 fully saturated rings. The van der Waals surface area contributed by atoms with Crippen LogP contribution in [0.4, 0.5) is 5.95 Å². The number of hydrogen-bond acceptors (Lipinski definition) is 10. The van der Waals surface area contributed by atoms with Crippen LogP contribution in [0.3, 0.4) is 0 Å². The van der Waals surface area contributed by atoms with E-state index in [0.717, 1.165) is 17.6 Å². The third-order valence-corrected chi connectivity index (χ3v) is 4.18. The molecule has 132 valence electrons. The Hall–Kier alpha value is -2.95. The summed E-state index contributed by atoms with van der Waals surface area (Å²) in [6.07, 6.45) is 0.960. The van der Waals surface area contributed by atoms with Crippen LogP contribution < -0.4 is 10.6 Å². The molecule has 0 radical (unpaired) electrons. The molecule has 10 nitrogen and oxygen atoms in total. The topological polar surface area (TPSA) is 136 Å². The highest BCUT2D eigenvalue weighted by Gasteiger charge is 2.39. The van der Waals surface area contributed by atoms with Crippen LogP contribution in [0.2, 0.25) is 0 Å². The summed E-state index contributed by atoms with van der Waals surface area (Å²) in [5.41, 5.74) is 5.87. The molecule has 11 heteroatoms. The molecular formula is C14H14N4O6S. The van der Waals surface area contributed by atoms with E-state index in [0.29, 0.717) is 4.70 Å². The number of carbonyl (C=O) groups excluding carboxylic acids is 2. The zero-order valence-electron chi connectivity index (χ0n) is 13.3. The Bertz CT molecular complexity index is 933. The lowest BCUT2D eigenvalue weighted by atomic mass is 10.2. The van der Waals surface area contributed by atoms with Gasteiger partial charge < -0.3 is 19.9 Å². The van der Waals surface area contributed by atoms with Crippen molar-refractivity contribution >= 4 is 39.6 Å². The maximum atomic E-state index is 12.4. The summed E-state index contributed by atoms with van der Waals surface area (Å²) < 4.78 is 17.5. The van der Waals surface area contributed by atoms with Crippen molar-refractivity contribution in [3.05, 3.63) is 27.9 Å². The Morgan fingerprint density at radius 3 is 2.88 bits per heavy atom. The van der Waals surface area contributed by atoms with Crippen LogP contribution in [0.15, 0.2) is 23.0 Å². The number of nitrogens with zero attached hydrogens (tertiary/aromatic N) is 3. The third kappa shape index (κ3) is 3.45. The summed E-state index contributed by atoms with van der Waals surface area (Å²) in [6.45, 7) is 2.49. The summed E-state index contributed by atoms with van der Waals surface area (Å²) in [6, 6.07) is 0. The number of rotatable bonds is 3. The predicted molar refractivity (Wildman–Crippen MR) is 86.2 cm³/mol. The van der Waals surface area contributed by atoms with Gasteiger partial charge >= 0.3 is 16.8 Å². The smallest absolute Gasteiger partial charge is 0.312 e. The van der Waals surface area contributed by atoms with Crippen LogP contribution in [0.1, 0.15) is 26.5 Å². The quantitative estimate of drug-likeness (QED) is 0.614. The lowest BCUT2D eigenvalue weighted by molar-refractivity contribution is -0.151. The zero-order chi connectivity index (χ0) is 18.1. The van der Waals surface area contributed by atoms with Gasteiger partial charge in [0.1, 0.15) is 12.0 Å². The number of ether oxygens (including phenoxy) is 3. The van der Waals surface area contributed by atoms with Crippen molar-refractivity contribution in [1.82, 2.24) is 14.5 Å². The standard InChI is InChI=1S/C14H14N4O6S/c1-6(19)22-5-8-3-9(23-7(2)20)12(24-8)18-11-10(25-14(18)21)4-16-13(15)17-11/h4-5,9,12H,3H2,1-2H3,(H2,15,16,17)/b8-5+/t9-,12?/m1/s1. The number of nitrogens with two attached hydrogens (primary N) is 1. The lowest BCUT2D eigenvalue weighted by Gasteiger charge is -2.18. The highest BCUT2D eigenvalue weighted by molar-refractivity contribution is 7.16. The van der Waals surface area contributed by atoms with Gasteiger partial charge in [0.25, 0.3) is 0 Å². The number of anilines is 1. The Kier molecular flexibility index (Phi) is 4.40. The largest absolute Gasteiger partial charge is 0.467 e. The van der Waals surface area contributed by atoms with Crippen LogP contribution in [0, 0.1) is 0 Å². The van der Waals surface area contributed by atoms with Gasteiger partial charge in [0.15, 0.2) is 11.8 Å². The first-order chi connectivity index (χ1) is 11.8. The molecule has 0 bridgehead atoms. The van der Waals surface area contributed by atoms with E-state index < -0.39 is 24.3 Å². The lowest BCUT2D eigenvalue weighted by Crippen LogP contribution is -2.30. The second-order valence-electron chi connectivity index (χ2n) is 5.21. The minimum absolute atomic E-state index is 0.00300. The first-order valence-corrected chi connectivity index (χ1v) is 8.00. The number of fused-ring (bicyclic) bond motifs is 1. The molecule has 1 aliphatic heterocycles. The molecule has 2 aromatic rings. The minimum atomic E-state index is -0.957. The van der Waals surface area contributed by atoms with Gasteiger partial charge in [-0.15, -0.1) is 0 Å². The second-order valence-corrected chi connectivity index (χ2v) is 6.20. The van der Waals surface area contributed by atoms with Gasteiger partial charge in [-0.1, -0.05) is 11.3 Å². The molecule has 2 N–H and O–H groups in total.